The lowest BCUT2D eigenvalue weighted by atomic mass is 9.98. The molecule has 1 aromatic carbocycles. The van der Waals surface area contributed by atoms with Crippen molar-refractivity contribution in [1.29, 1.82) is 0 Å². The highest BCUT2D eigenvalue weighted by Crippen LogP contribution is 2.27. The van der Waals surface area contributed by atoms with Gasteiger partial charge in [0, 0.05) is 18.5 Å². The van der Waals surface area contributed by atoms with Crippen molar-refractivity contribution < 1.29 is 19.4 Å². The monoisotopic (exact) mass is 401 g/mol. The summed E-state index contributed by atoms with van der Waals surface area (Å²) in [4.78, 5) is 30.1. The molecular formula is C22H31N3O4. The zero-order chi connectivity index (χ0) is 21.9. The second-order valence-corrected chi connectivity index (χ2v) is 8.61. The van der Waals surface area contributed by atoms with Crippen LogP contribution in [-0.4, -0.2) is 46.5 Å². The topological polar surface area (TPSA) is 105 Å². The first kappa shape index (κ1) is 22.5. The maximum atomic E-state index is 12.4. The predicted octanol–water partition coefficient (Wildman–Crippen LogP) is 4.13. The van der Waals surface area contributed by atoms with E-state index in [-0.39, 0.29) is 12.2 Å². The Kier molecular flexibility index (Phi) is 6.72. The molecule has 1 amide bonds. The third-order valence-electron chi connectivity index (χ3n) is 4.67. The number of aliphatic imine (C=N–C) groups is 1. The largest absolute Gasteiger partial charge is 0.477 e. The molecule has 0 unspecified atom stereocenters. The first-order valence-corrected chi connectivity index (χ1v) is 9.77. The van der Waals surface area contributed by atoms with E-state index in [1.165, 1.54) is 10.5 Å². The fraction of sp³-hybridized carbons (Fsp3) is 0.500. The zero-order valence-electron chi connectivity index (χ0n) is 18.1. The van der Waals surface area contributed by atoms with Crippen LogP contribution in [0.25, 0.3) is 0 Å². The van der Waals surface area contributed by atoms with Crippen LogP contribution in [0, 0.1) is 6.92 Å². The van der Waals surface area contributed by atoms with Crippen LogP contribution in [0.4, 0.5) is 10.5 Å². The number of aryl methyl sites for hydroxylation is 1. The molecule has 1 aliphatic heterocycles. The Hall–Kier alpha value is -2.83. The lowest BCUT2D eigenvalue weighted by molar-refractivity contribution is -0.132. The Morgan fingerprint density at radius 2 is 1.93 bits per heavy atom. The van der Waals surface area contributed by atoms with Crippen LogP contribution in [0.1, 0.15) is 58.1 Å². The van der Waals surface area contributed by atoms with Crippen molar-refractivity contribution in [2.24, 2.45) is 10.7 Å². The number of carbonyl (C=O) groups is 2. The van der Waals surface area contributed by atoms with Crippen molar-refractivity contribution in [2.45, 2.75) is 59.5 Å². The van der Waals surface area contributed by atoms with Gasteiger partial charge in [-0.05, 0) is 50.8 Å². The fourth-order valence-corrected chi connectivity index (χ4v) is 3.04. The van der Waals surface area contributed by atoms with Gasteiger partial charge in [-0.3, -0.25) is 4.99 Å². The highest BCUT2D eigenvalue weighted by molar-refractivity contribution is 6.08. The molecule has 0 saturated carbocycles. The lowest BCUT2D eigenvalue weighted by Crippen LogP contribution is -2.44. The molecule has 0 atom stereocenters. The molecule has 7 nitrogen and oxygen atoms in total. The smallest absolute Gasteiger partial charge is 0.410 e. The number of piperidine rings is 1. The molecule has 1 aliphatic rings. The van der Waals surface area contributed by atoms with E-state index in [0.29, 0.717) is 30.2 Å². The van der Waals surface area contributed by atoms with Gasteiger partial charge in [-0.25, -0.2) is 9.59 Å². The van der Waals surface area contributed by atoms with Crippen LogP contribution < -0.4 is 5.73 Å². The molecule has 0 aromatic heterocycles. The average Bonchev–Trinajstić information content (AvgIpc) is 2.61. The molecule has 1 heterocycles. The van der Waals surface area contributed by atoms with E-state index >= 15 is 0 Å². The number of hydrogen-bond acceptors (Lipinski definition) is 5. The van der Waals surface area contributed by atoms with E-state index < -0.39 is 17.7 Å². The van der Waals surface area contributed by atoms with Gasteiger partial charge in [0.25, 0.3) is 0 Å². The second-order valence-electron chi connectivity index (χ2n) is 8.61. The molecule has 158 valence electrons. The number of benzene rings is 1. The van der Waals surface area contributed by atoms with Gasteiger partial charge in [0.2, 0.25) is 0 Å². The van der Waals surface area contributed by atoms with Crippen LogP contribution in [0.2, 0.25) is 0 Å². The summed E-state index contributed by atoms with van der Waals surface area (Å²) < 4.78 is 5.41. The van der Waals surface area contributed by atoms with Gasteiger partial charge in [0.05, 0.1) is 17.9 Å². The van der Waals surface area contributed by atoms with Gasteiger partial charge in [-0.1, -0.05) is 26.0 Å². The van der Waals surface area contributed by atoms with Gasteiger partial charge in [0.1, 0.15) is 11.3 Å². The predicted molar refractivity (Wildman–Crippen MR) is 114 cm³/mol. The summed E-state index contributed by atoms with van der Waals surface area (Å²) in [6.07, 6.45) is -0.0989. The Morgan fingerprint density at radius 3 is 2.45 bits per heavy atom. The zero-order valence-corrected chi connectivity index (χ0v) is 18.1. The Morgan fingerprint density at radius 1 is 1.28 bits per heavy atom. The number of amides is 1. The minimum Gasteiger partial charge on any atom is -0.477 e. The van der Waals surface area contributed by atoms with Gasteiger partial charge in [-0.2, -0.15) is 0 Å². The standard InChI is InChI=1S/C22H31N3O4/c1-13(2)15-7-8-17(14(3)11-15)24-18-9-10-25(21(28)29-22(4,5)6)12-16(18)19(23)20(26)27/h7-8,11,13H,9-10,12,23H2,1-6H3,(H,26,27)/b19-16-,24-18?. The van der Waals surface area contributed by atoms with Crippen LogP contribution in [0.15, 0.2) is 34.5 Å². The molecule has 0 aliphatic carbocycles. The number of rotatable bonds is 3. The number of nitrogens with zero attached hydrogens (tertiary/aromatic N) is 2. The summed E-state index contributed by atoms with van der Waals surface area (Å²) in [5, 5.41) is 9.41. The third kappa shape index (κ3) is 5.82. The molecule has 0 bridgehead atoms. The van der Waals surface area contributed by atoms with Crippen molar-refractivity contribution in [3.63, 3.8) is 0 Å². The number of hydrogen-bond donors (Lipinski definition) is 2. The van der Waals surface area contributed by atoms with E-state index in [1.807, 2.05) is 19.1 Å². The molecule has 7 heteroatoms. The normalized spacial score (nSPS) is 18.2. The molecule has 2 rings (SSSR count). The number of nitrogens with two attached hydrogens (primary N) is 1. The molecule has 0 radical (unpaired) electrons. The van der Waals surface area contributed by atoms with Crippen LogP contribution >= 0.6 is 0 Å². The highest BCUT2D eigenvalue weighted by atomic mass is 16.6. The van der Waals surface area contributed by atoms with Crippen molar-refractivity contribution in [3.8, 4) is 0 Å². The highest BCUT2D eigenvalue weighted by Gasteiger charge is 2.30. The number of likely N-dealkylation sites (tertiary alicyclic amines) is 1. The van der Waals surface area contributed by atoms with Gasteiger partial charge in [0.15, 0.2) is 0 Å². The van der Waals surface area contributed by atoms with Crippen molar-refractivity contribution in [1.82, 2.24) is 4.90 Å². The molecule has 1 aromatic rings. The maximum absolute atomic E-state index is 12.4. The first-order valence-electron chi connectivity index (χ1n) is 9.77. The van der Waals surface area contributed by atoms with Crippen molar-refractivity contribution in [3.05, 3.63) is 40.6 Å². The first-order chi connectivity index (χ1) is 13.4. The molecule has 3 N–H and O–H groups in total. The minimum absolute atomic E-state index is 0.0506. The summed E-state index contributed by atoms with van der Waals surface area (Å²) in [6, 6.07) is 6.05. The number of carbonyl (C=O) groups excluding carboxylic acids is 1. The minimum atomic E-state index is -1.23. The van der Waals surface area contributed by atoms with Crippen molar-refractivity contribution in [2.75, 3.05) is 13.1 Å². The summed E-state index contributed by atoms with van der Waals surface area (Å²) in [6.45, 7) is 12.0. The summed E-state index contributed by atoms with van der Waals surface area (Å²) in [7, 11) is 0. The van der Waals surface area contributed by atoms with E-state index in [0.717, 1.165) is 11.3 Å². The molecule has 1 saturated heterocycles. The average molecular weight is 402 g/mol. The fourth-order valence-electron chi connectivity index (χ4n) is 3.04. The molecule has 1 fully saturated rings. The summed E-state index contributed by atoms with van der Waals surface area (Å²) >= 11 is 0. The Balaban J connectivity index is 2.38. The second kappa shape index (κ2) is 8.68. The van der Waals surface area contributed by atoms with Gasteiger partial charge < -0.3 is 20.5 Å². The van der Waals surface area contributed by atoms with E-state index in [2.05, 4.69) is 19.9 Å². The molecular weight excluding hydrogens is 370 g/mol. The Bertz CT molecular complexity index is 863. The van der Waals surface area contributed by atoms with E-state index in [4.69, 9.17) is 15.5 Å². The van der Waals surface area contributed by atoms with Crippen LogP contribution in [-0.2, 0) is 9.53 Å². The number of carboxylic acids is 1. The summed E-state index contributed by atoms with van der Waals surface area (Å²) in [5.74, 6) is -0.823. The van der Waals surface area contributed by atoms with Gasteiger partial charge in [-0.15, -0.1) is 0 Å². The van der Waals surface area contributed by atoms with E-state index in [1.54, 1.807) is 20.8 Å². The Labute approximate surface area is 172 Å². The third-order valence-corrected chi connectivity index (χ3v) is 4.67. The summed E-state index contributed by atoms with van der Waals surface area (Å²) in [5.41, 5.74) is 8.84. The van der Waals surface area contributed by atoms with Crippen LogP contribution in [0.3, 0.4) is 0 Å². The number of ether oxygens (including phenoxy) is 1. The molecule has 0 spiro atoms. The van der Waals surface area contributed by atoms with Crippen molar-refractivity contribution >= 4 is 23.5 Å². The number of carboxylic acid groups (broad SMARTS) is 1. The van der Waals surface area contributed by atoms with E-state index in [9.17, 15) is 14.7 Å². The van der Waals surface area contributed by atoms with Gasteiger partial charge >= 0.3 is 12.1 Å². The maximum Gasteiger partial charge on any atom is 0.410 e. The van der Waals surface area contributed by atoms with Crippen LogP contribution in [0.5, 0.6) is 0 Å². The lowest BCUT2D eigenvalue weighted by Gasteiger charge is -2.32. The quantitative estimate of drug-likeness (QED) is 0.741. The molecule has 29 heavy (non-hydrogen) atoms. The number of aliphatic carboxylic acids is 1. The SMILES string of the molecule is Cc1cc(C(C)C)ccc1N=C1CCN(C(=O)OC(C)(C)C)C/C1=C(/N)C(=O)O.